The van der Waals surface area contributed by atoms with Crippen molar-refractivity contribution in [3.63, 3.8) is 0 Å². The van der Waals surface area contributed by atoms with Crippen LogP contribution < -0.4 is 17.0 Å². The van der Waals surface area contributed by atoms with Crippen molar-refractivity contribution in [3.05, 3.63) is 39.8 Å². The maximum Gasteiger partial charge on any atom is 0.262 e. The minimum absolute atomic E-state index is 0.0160. The summed E-state index contributed by atoms with van der Waals surface area (Å²) < 4.78 is 1.79. The van der Waals surface area contributed by atoms with Gasteiger partial charge in [0.25, 0.3) is 5.56 Å². The van der Waals surface area contributed by atoms with Crippen LogP contribution in [0.5, 0.6) is 0 Å². The van der Waals surface area contributed by atoms with E-state index >= 15 is 0 Å². The second-order valence-corrected chi connectivity index (χ2v) is 5.23. The third-order valence-corrected chi connectivity index (χ3v) is 3.83. The van der Waals surface area contributed by atoms with Gasteiger partial charge in [0.1, 0.15) is 5.52 Å². The predicted molar refractivity (Wildman–Crippen MR) is 84.2 cm³/mol. The van der Waals surface area contributed by atoms with E-state index in [-0.39, 0.29) is 5.56 Å². The molecule has 0 aliphatic heterocycles. The Hall–Kier alpha value is -2.18. The predicted octanol–water partition coefficient (Wildman–Crippen LogP) is 0.994. The van der Waals surface area contributed by atoms with E-state index in [4.69, 9.17) is 11.5 Å². The Morgan fingerprint density at radius 3 is 2.86 bits per heavy atom. The number of rotatable bonds is 4. The Morgan fingerprint density at radius 1 is 1.33 bits per heavy atom. The van der Waals surface area contributed by atoms with E-state index < -0.39 is 0 Å². The van der Waals surface area contributed by atoms with Gasteiger partial charge in [-0.05, 0) is 37.6 Å². The van der Waals surface area contributed by atoms with Crippen molar-refractivity contribution in [1.82, 2.24) is 14.8 Å². The largest absolute Gasteiger partial charge is 0.330 e. The lowest BCUT2D eigenvalue weighted by molar-refractivity contribution is 0.654. The fraction of sp³-hybridized carbons (Fsp3) is 0.333. The standard InChI is InChI=1S/C15H19N5O/c1-9-13-14(19-18-9)11-7-10(8-17)3-4-12(11)20(15(13)21)6-2-5-16/h3-4,7H,2,5-6,8,16-17H2,1H3,(H,18,19). The number of aryl methyl sites for hydroxylation is 2. The van der Waals surface area contributed by atoms with E-state index in [1.807, 2.05) is 25.1 Å². The van der Waals surface area contributed by atoms with E-state index in [1.54, 1.807) is 4.57 Å². The number of hydrogen-bond donors (Lipinski definition) is 3. The molecule has 6 heteroatoms. The Morgan fingerprint density at radius 2 is 2.14 bits per heavy atom. The summed E-state index contributed by atoms with van der Waals surface area (Å²) in [6, 6.07) is 5.90. The maximum absolute atomic E-state index is 12.7. The number of pyridine rings is 1. The summed E-state index contributed by atoms with van der Waals surface area (Å²) in [6.45, 7) is 3.48. The third-order valence-electron chi connectivity index (χ3n) is 3.83. The first kappa shape index (κ1) is 13.8. The van der Waals surface area contributed by atoms with Crippen LogP contribution in [0.4, 0.5) is 0 Å². The van der Waals surface area contributed by atoms with Crippen LogP contribution in [0.15, 0.2) is 23.0 Å². The zero-order chi connectivity index (χ0) is 15.0. The number of hydrogen-bond acceptors (Lipinski definition) is 4. The van der Waals surface area contributed by atoms with E-state index in [0.29, 0.717) is 30.5 Å². The molecule has 6 nitrogen and oxygen atoms in total. The van der Waals surface area contributed by atoms with Crippen LogP contribution in [0.1, 0.15) is 17.7 Å². The number of nitrogens with zero attached hydrogens (tertiary/aromatic N) is 2. The third kappa shape index (κ3) is 2.12. The highest BCUT2D eigenvalue weighted by atomic mass is 16.1. The summed E-state index contributed by atoms with van der Waals surface area (Å²) in [5.74, 6) is 0. The first-order valence-corrected chi connectivity index (χ1v) is 7.07. The summed E-state index contributed by atoms with van der Waals surface area (Å²) in [7, 11) is 0. The smallest absolute Gasteiger partial charge is 0.262 e. The number of benzene rings is 1. The summed E-state index contributed by atoms with van der Waals surface area (Å²) in [5.41, 5.74) is 14.7. The molecule has 0 aliphatic carbocycles. The minimum atomic E-state index is -0.0160. The summed E-state index contributed by atoms with van der Waals surface area (Å²) in [6.07, 6.45) is 0.760. The lowest BCUT2D eigenvalue weighted by Gasteiger charge is -2.11. The molecular weight excluding hydrogens is 266 g/mol. The van der Waals surface area contributed by atoms with E-state index in [0.717, 1.165) is 28.6 Å². The molecule has 2 aromatic heterocycles. The molecule has 0 saturated heterocycles. The zero-order valence-corrected chi connectivity index (χ0v) is 12.0. The van der Waals surface area contributed by atoms with Crippen LogP contribution >= 0.6 is 0 Å². The molecule has 0 fully saturated rings. The van der Waals surface area contributed by atoms with Crippen molar-refractivity contribution in [1.29, 1.82) is 0 Å². The molecule has 0 amide bonds. The first-order chi connectivity index (χ1) is 10.2. The van der Waals surface area contributed by atoms with Crippen LogP contribution in [0.25, 0.3) is 21.8 Å². The molecule has 1 aromatic carbocycles. The molecule has 21 heavy (non-hydrogen) atoms. The van der Waals surface area contributed by atoms with Crippen molar-refractivity contribution in [3.8, 4) is 0 Å². The first-order valence-electron chi connectivity index (χ1n) is 7.07. The van der Waals surface area contributed by atoms with Crippen molar-refractivity contribution >= 4 is 21.8 Å². The van der Waals surface area contributed by atoms with Crippen molar-refractivity contribution in [2.75, 3.05) is 6.54 Å². The molecule has 0 unspecified atom stereocenters. The molecule has 0 radical (unpaired) electrons. The second-order valence-electron chi connectivity index (χ2n) is 5.23. The average Bonchev–Trinajstić information content (AvgIpc) is 2.89. The van der Waals surface area contributed by atoms with Crippen molar-refractivity contribution in [2.45, 2.75) is 26.4 Å². The monoisotopic (exact) mass is 285 g/mol. The van der Waals surface area contributed by atoms with Gasteiger partial charge < -0.3 is 16.0 Å². The topological polar surface area (TPSA) is 103 Å². The Labute approximate surface area is 121 Å². The van der Waals surface area contributed by atoms with Gasteiger partial charge in [0.2, 0.25) is 0 Å². The lowest BCUT2D eigenvalue weighted by Crippen LogP contribution is -2.22. The molecule has 0 atom stereocenters. The molecule has 0 bridgehead atoms. The van der Waals surface area contributed by atoms with Gasteiger partial charge in [-0.2, -0.15) is 5.10 Å². The summed E-state index contributed by atoms with van der Waals surface area (Å²) >= 11 is 0. The van der Waals surface area contributed by atoms with Gasteiger partial charge in [-0.25, -0.2) is 0 Å². The molecule has 0 saturated carbocycles. The number of H-pyrrole nitrogens is 1. The highest BCUT2D eigenvalue weighted by Gasteiger charge is 2.15. The normalized spacial score (nSPS) is 11.6. The minimum Gasteiger partial charge on any atom is -0.330 e. The summed E-state index contributed by atoms with van der Waals surface area (Å²) in [4.78, 5) is 12.7. The Bertz CT molecular complexity index is 862. The number of aromatic nitrogens is 3. The maximum atomic E-state index is 12.7. The molecule has 110 valence electrons. The van der Waals surface area contributed by atoms with Gasteiger partial charge >= 0.3 is 0 Å². The van der Waals surface area contributed by atoms with E-state index in [2.05, 4.69) is 10.2 Å². The highest BCUT2D eigenvalue weighted by molar-refractivity contribution is 6.04. The molecule has 5 N–H and O–H groups in total. The zero-order valence-electron chi connectivity index (χ0n) is 12.0. The second kappa shape index (κ2) is 5.31. The molecule has 3 rings (SSSR count). The Kier molecular flexibility index (Phi) is 3.48. The number of nitrogens with two attached hydrogens (primary N) is 2. The molecular formula is C15H19N5O. The molecule has 3 aromatic rings. The van der Waals surface area contributed by atoms with Crippen LogP contribution in [0, 0.1) is 6.92 Å². The number of aromatic amines is 1. The average molecular weight is 285 g/mol. The quantitative estimate of drug-likeness (QED) is 0.665. The SMILES string of the molecule is Cc1[nH]nc2c1c(=O)n(CCCN)c1ccc(CN)cc21. The fourth-order valence-corrected chi connectivity index (χ4v) is 2.74. The van der Waals surface area contributed by atoms with Crippen molar-refractivity contribution < 1.29 is 0 Å². The van der Waals surface area contributed by atoms with Gasteiger partial charge in [0.05, 0.1) is 10.9 Å². The fourth-order valence-electron chi connectivity index (χ4n) is 2.74. The summed E-state index contributed by atoms with van der Waals surface area (Å²) in [5, 5.41) is 8.81. The van der Waals surface area contributed by atoms with Gasteiger partial charge in [-0.1, -0.05) is 6.07 Å². The van der Waals surface area contributed by atoms with Crippen molar-refractivity contribution in [2.24, 2.45) is 11.5 Å². The number of nitrogens with one attached hydrogen (secondary N) is 1. The molecule has 2 heterocycles. The van der Waals surface area contributed by atoms with Gasteiger partial charge in [-0.15, -0.1) is 0 Å². The van der Waals surface area contributed by atoms with E-state index in [1.165, 1.54) is 0 Å². The lowest BCUT2D eigenvalue weighted by atomic mass is 10.1. The number of fused-ring (bicyclic) bond motifs is 3. The van der Waals surface area contributed by atoms with Gasteiger partial charge in [-0.3, -0.25) is 9.89 Å². The Balaban J connectivity index is 2.43. The van der Waals surface area contributed by atoms with Gasteiger partial charge in [0, 0.05) is 24.2 Å². The van der Waals surface area contributed by atoms with Crippen LogP contribution in [-0.4, -0.2) is 21.3 Å². The highest BCUT2D eigenvalue weighted by Crippen LogP contribution is 2.24. The van der Waals surface area contributed by atoms with Crippen LogP contribution in [-0.2, 0) is 13.1 Å². The molecule has 0 aliphatic rings. The van der Waals surface area contributed by atoms with Gasteiger partial charge in [0.15, 0.2) is 0 Å². The van der Waals surface area contributed by atoms with Crippen LogP contribution in [0.2, 0.25) is 0 Å². The van der Waals surface area contributed by atoms with Crippen LogP contribution in [0.3, 0.4) is 0 Å². The van der Waals surface area contributed by atoms with E-state index in [9.17, 15) is 4.79 Å². The molecule has 0 spiro atoms.